The molecule has 0 aliphatic carbocycles. The normalized spacial score (nSPS) is 30.6. The third-order valence-corrected chi connectivity index (χ3v) is 4.53. The van der Waals surface area contributed by atoms with Crippen molar-refractivity contribution in [2.75, 3.05) is 19.7 Å². The molecule has 2 rings (SSSR count). The van der Waals surface area contributed by atoms with Gasteiger partial charge < -0.3 is 20.0 Å². The number of urea groups is 1. The number of carbonyl (C=O) groups excluding carboxylic acids is 1. The molecule has 6 nitrogen and oxygen atoms in total. The highest BCUT2D eigenvalue weighted by molar-refractivity contribution is 5.83. The van der Waals surface area contributed by atoms with Crippen molar-refractivity contribution in [1.29, 1.82) is 0 Å². The van der Waals surface area contributed by atoms with Gasteiger partial charge in [0, 0.05) is 25.7 Å². The summed E-state index contributed by atoms with van der Waals surface area (Å²) in [5.74, 6) is -0.920. The van der Waals surface area contributed by atoms with Gasteiger partial charge in [0.25, 0.3) is 0 Å². The predicted octanol–water partition coefficient (Wildman–Crippen LogP) is 1.14. The summed E-state index contributed by atoms with van der Waals surface area (Å²) in [7, 11) is 0. The summed E-state index contributed by atoms with van der Waals surface area (Å²) in [4.78, 5) is 27.3. The summed E-state index contributed by atoms with van der Waals surface area (Å²) >= 11 is 0. The third-order valence-electron chi connectivity index (χ3n) is 4.53. The van der Waals surface area contributed by atoms with E-state index in [0.29, 0.717) is 19.5 Å². The van der Waals surface area contributed by atoms with E-state index in [1.807, 2.05) is 6.92 Å². The van der Waals surface area contributed by atoms with Gasteiger partial charge in [-0.25, -0.2) is 9.59 Å². The van der Waals surface area contributed by atoms with Gasteiger partial charge in [0.2, 0.25) is 0 Å². The Balaban J connectivity index is 2.10. The number of likely N-dealkylation sites (tertiary alicyclic amines) is 2. The van der Waals surface area contributed by atoms with Crippen LogP contribution in [0.3, 0.4) is 0 Å². The zero-order chi connectivity index (χ0) is 14.7. The van der Waals surface area contributed by atoms with Crippen LogP contribution in [0.1, 0.15) is 39.0 Å². The second kappa shape index (κ2) is 6.43. The molecule has 0 radical (unpaired) electrons. The number of carboxylic acid groups (broad SMARTS) is 1. The summed E-state index contributed by atoms with van der Waals surface area (Å²) in [5, 5.41) is 18.4. The molecule has 0 aromatic carbocycles. The molecule has 2 saturated heterocycles. The van der Waals surface area contributed by atoms with Gasteiger partial charge in [0.1, 0.15) is 6.04 Å². The molecule has 2 aliphatic heterocycles. The minimum Gasteiger partial charge on any atom is -0.480 e. The van der Waals surface area contributed by atoms with Crippen LogP contribution in [0, 0.1) is 5.92 Å². The molecule has 2 aliphatic rings. The van der Waals surface area contributed by atoms with Gasteiger partial charge in [-0.1, -0.05) is 6.92 Å². The van der Waals surface area contributed by atoms with Crippen LogP contribution in [-0.2, 0) is 4.79 Å². The van der Waals surface area contributed by atoms with E-state index in [4.69, 9.17) is 5.11 Å². The van der Waals surface area contributed by atoms with Crippen LogP contribution in [-0.4, -0.2) is 63.8 Å². The Labute approximate surface area is 119 Å². The van der Waals surface area contributed by atoms with Crippen LogP contribution in [0.2, 0.25) is 0 Å². The quantitative estimate of drug-likeness (QED) is 0.814. The summed E-state index contributed by atoms with van der Waals surface area (Å²) in [5.41, 5.74) is 0. The van der Waals surface area contributed by atoms with Crippen molar-refractivity contribution in [2.45, 2.75) is 51.1 Å². The van der Waals surface area contributed by atoms with E-state index in [1.54, 1.807) is 4.90 Å². The lowest BCUT2D eigenvalue weighted by atomic mass is 10.00. The number of carboxylic acids is 1. The Kier molecular flexibility index (Phi) is 4.86. The molecule has 3 atom stereocenters. The average molecular weight is 284 g/mol. The SMILES string of the molecule is CC1CCN(C(=O)N2CCCCC2CCO)C1C(=O)O. The number of aliphatic hydroxyl groups is 1. The molecular weight excluding hydrogens is 260 g/mol. The van der Waals surface area contributed by atoms with E-state index < -0.39 is 12.0 Å². The number of hydrogen-bond donors (Lipinski definition) is 2. The fourth-order valence-electron chi connectivity index (χ4n) is 3.40. The first-order valence-electron chi connectivity index (χ1n) is 7.47. The monoisotopic (exact) mass is 284 g/mol. The fraction of sp³-hybridized carbons (Fsp3) is 0.857. The predicted molar refractivity (Wildman–Crippen MR) is 73.4 cm³/mol. The van der Waals surface area contributed by atoms with Crippen LogP contribution in [0.15, 0.2) is 0 Å². The molecule has 0 saturated carbocycles. The van der Waals surface area contributed by atoms with Crippen LogP contribution in [0.25, 0.3) is 0 Å². The first-order chi connectivity index (χ1) is 9.56. The van der Waals surface area contributed by atoms with Crippen molar-refractivity contribution in [3.63, 3.8) is 0 Å². The fourth-order valence-corrected chi connectivity index (χ4v) is 3.40. The zero-order valence-electron chi connectivity index (χ0n) is 12.0. The van der Waals surface area contributed by atoms with Crippen LogP contribution in [0.4, 0.5) is 4.79 Å². The molecule has 2 N–H and O–H groups in total. The molecule has 6 heteroatoms. The van der Waals surface area contributed by atoms with Crippen molar-refractivity contribution < 1.29 is 19.8 Å². The summed E-state index contributed by atoms with van der Waals surface area (Å²) in [6.07, 6.45) is 4.23. The number of aliphatic hydroxyl groups excluding tert-OH is 1. The van der Waals surface area contributed by atoms with Gasteiger partial charge in [0.05, 0.1) is 0 Å². The van der Waals surface area contributed by atoms with E-state index >= 15 is 0 Å². The Bertz CT molecular complexity index is 372. The number of nitrogens with zero attached hydrogens (tertiary/aromatic N) is 2. The van der Waals surface area contributed by atoms with Gasteiger partial charge in [-0.2, -0.15) is 0 Å². The number of carbonyl (C=O) groups is 2. The summed E-state index contributed by atoms with van der Waals surface area (Å²) in [6.45, 7) is 3.13. The van der Waals surface area contributed by atoms with Gasteiger partial charge in [0.15, 0.2) is 0 Å². The maximum Gasteiger partial charge on any atom is 0.326 e. The Hall–Kier alpha value is -1.30. The van der Waals surface area contributed by atoms with Gasteiger partial charge in [-0.05, 0) is 38.0 Å². The number of rotatable bonds is 3. The second-order valence-corrected chi connectivity index (χ2v) is 5.88. The standard InChI is InChI=1S/C14H24N2O4/c1-10-5-8-16(12(10)13(18)19)14(20)15-7-3-2-4-11(15)6-9-17/h10-12,17H,2-9H2,1H3,(H,18,19). The maximum absolute atomic E-state index is 12.7. The highest BCUT2D eigenvalue weighted by Crippen LogP contribution is 2.28. The summed E-state index contributed by atoms with van der Waals surface area (Å²) in [6, 6.07) is -0.828. The largest absolute Gasteiger partial charge is 0.480 e. The lowest BCUT2D eigenvalue weighted by Crippen LogP contribution is -2.54. The number of aliphatic carboxylic acids is 1. The highest BCUT2D eigenvalue weighted by atomic mass is 16.4. The van der Waals surface area contributed by atoms with Gasteiger partial charge in [-0.3, -0.25) is 0 Å². The molecule has 0 spiro atoms. The molecule has 3 unspecified atom stereocenters. The molecule has 2 amide bonds. The number of hydrogen-bond acceptors (Lipinski definition) is 3. The molecule has 0 aromatic rings. The van der Waals surface area contributed by atoms with Crippen LogP contribution < -0.4 is 0 Å². The lowest BCUT2D eigenvalue weighted by Gasteiger charge is -2.39. The van der Waals surface area contributed by atoms with E-state index in [0.717, 1.165) is 25.7 Å². The van der Waals surface area contributed by atoms with Crippen molar-refractivity contribution in [3.8, 4) is 0 Å². The maximum atomic E-state index is 12.7. The van der Waals surface area contributed by atoms with Gasteiger partial charge >= 0.3 is 12.0 Å². The Morgan fingerprint density at radius 3 is 2.55 bits per heavy atom. The zero-order valence-corrected chi connectivity index (χ0v) is 12.0. The van der Waals surface area contributed by atoms with E-state index in [-0.39, 0.29) is 24.6 Å². The van der Waals surface area contributed by atoms with Crippen molar-refractivity contribution in [3.05, 3.63) is 0 Å². The van der Waals surface area contributed by atoms with E-state index in [2.05, 4.69) is 0 Å². The number of amides is 2. The molecule has 0 bridgehead atoms. The molecular formula is C14H24N2O4. The van der Waals surface area contributed by atoms with Crippen molar-refractivity contribution >= 4 is 12.0 Å². The number of piperidine rings is 1. The first-order valence-corrected chi connectivity index (χ1v) is 7.47. The highest BCUT2D eigenvalue weighted by Gasteiger charge is 2.42. The van der Waals surface area contributed by atoms with E-state index in [9.17, 15) is 14.7 Å². The molecule has 2 heterocycles. The lowest BCUT2D eigenvalue weighted by molar-refractivity contribution is -0.142. The summed E-state index contributed by atoms with van der Waals surface area (Å²) < 4.78 is 0. The minimum atomic E-state index is -0.918. The Morgan fingerprint density at radius 1 is 1.15 bits per heavy atom. The third kappa shape index (κ3) is 2.90. The van der Waals surface area contributed by atoms with Crippen molar-refractivity contribution in [1.82, 2.24) is 9.80 Å². The smallest absolute Gasteiger partial charge is 0.326 e. The average Bonchev–Trinajstić information content (AvgIpc) is 2.81. The second-order valence-electron chi connectivity index (χ2n) is 5.88. The van der Waals surface area contributed by atoms with Gasteiger partial charge in [-0.15, -0.1) is 0 Å². The van der Waals surface area contributed by atoms with E-state index in [1.165, 1.54) is 4.90 Å². The first kappa shape index (κ1) is 15.1. The van der Waals surface area contributed by atoms with Crippen LogP contribution in [0.5, 0.6) is 0 Å². The molecule has 114 valence electrons. The molecule has 20 heavy (non-hydrogen) atoms. The molecule has 0 aromatic heterocycles. The van der Waals surface area contributed by atoms with Crippen molar-refractivity contribution in [2.24, 2.45) is 5.92 Å². The minimum absolute atomic E-state index is 0.00228. The topological polar surface area (TPSA) is 81.1 Å². The Morgan fingerprint density at radius 2 is 1.90 bits per heavy atom. The molecule has 2 fully saturated rings. The van der Waals surface area contributed by atoms with Crippen LogP contribution >= 0.6 is 0 Å².